The number of anilines is 1. The van der Waals surface area contributed by atoms with Gasteiger partial charge >= 0.3 is 0 Å². The lowest BCUT2D eigenvalue weighted by atomic mass is 10.1. The summed E-state index contributed by atoms with van der Waals surface area (Å²) in [6.45, 7) is 11.9. The molecule has 5 heteroatoms. The van der Waals surface area contributed by atoms with Crippen LogP contribution in [0.5, 0.6) is 0 Å². The first-order valence-electron chi connectivity index (χ1n) is 7.88. The van der Waals surface area contributed by atoms with Crippen LogP contribution in [0.3, 0.4) is 0 Å². The van der Waals surface area contributed by atoms with Crippen LogP contribution in [0.4, 0.5) is 5.69 Å². The normalized spacial score (nSPS) is 10.6. The molecule has 0 bridgehead atoms. The second-order valence-corrected chi connectivity index (χ2v) is 6.00. The SMILES string of the molecule is C=C(C)N(C(=C)C)c1ccc(-c2nc3c(C(N)=O)cccc3[nH]2)cc1. The number of aromatic amines is 1. The molecular weight excluding hydrogens is 312 g/mol. The van der Waals surface area contributed by atoms with Crippen LogP contribution in [0.2, 0.25) is 0 Å². The Morgan fingerprint density at radius 1 is 1.08 bits per heavy atom. The van der Waals surface area contributed by atoms with Crippen molar-refractivity contribution in [1.82, 2.24) is 9.97 Å². The first kappa shape index (κ1) is 16.5. The van der Waals surface area contributed by atoms with E-state index in [1.807, 2.05) is 49.1 Å². The number of rotatable bonds is 5. The van der Waals surface area contributed by atoms with Crippen molar-refractivity contribution in [2.24, 2.45) is 5.73 Å². The summed E-state index contributed by atoms with van der Waals surface area (Å²) in [6, 6.07) is 13.2. The van der Waals surface area contributed by atoms with Crippen LogP contribution in [-0.2, 0) is 0 Å². The number of carbonyl (C=O) groups is 1. The van der Waals surface area contributed by atoms with Gasteiger partial charge in [-0.25, -0.2) is 4.98 Å². The number of aromatic nitrogens is 2. The highest BCUT2D eigenvalue weighted by Gasteiger charge is 2.13. The van der Waals surface area contributed by atoms with Gasteiger partial charge in [0.2, 0.25) is 0 Å². The van der Waals surface area contributed by atoms with Crippen LogP contribution in [0.25, 0.3) is 22.4 Å². The highest BCUT2D eigenvalue weighted by atomic mass is 16.1. The lowest BCUT2D eigenvalue weighted by molar-refractivity contribution is 0.100. The quantitative estimate of drug-likeness (QED) is 0.735. The summed E-state index contributed by atoms with van der Waals surface area (Å²) in [5, 5.41) is 0. The minimum absolute atomic E-state index is 0.410. The van der Waals surface area contributed by atoms with Crippen LogP contribution < -0.4 is 10.6 Å². The molecule has 5 nitrogen and oxygen atoms in total. The highest BCUT2D eigenvalue weighted by Crippen LogP contribution is 2.27. The Morgan fingerprint density at radius 2 is 1.72 bits per heavy atom. The van der Waals surface area contributed by atoms with E-state index in [-0.39, 0.29) is 0 Å². The summed E-state index contributed by atoms with van der Waals surface area (Å²) in [7, 11) is 0. The summed E-state index contributed by atoms with van der Waals surface area (Å²) < 4.78 is 0. The number of H-pyrrole nitrogens is 1. The number of amides is 1. The van der Waals surface area contributed by atoms with Crippen molar-refractivity contribution in [3.63, 3.8) is 0 Å². The van der Waals surface area contributed by atoms with Gasteiger partial charge < -0.3 is 15.6 Å². The number of fused-ring (bicyclic) bond motifs is 1. The van der Waals surface area contributed by atoms with Crippen LogP contribution in [-0.4, -0.2) is 15.9 Å². The minimum atomic E-state index is -0.488. The predicted octanol–water partition coefficient (Wildman–Crippen LogP) is 4.20. The molecule has 0 spiro atoms. The molecule has 25 heavy (non-hydrogen) atoms. The minimum Gasteiger partial charge on any atom is -0.366 e. The van der Waals surface area contributed by atoms with E-state index in [1.165, 1.54) is 0 Å². The van der Waals surface area contributed by atoms with Gasteiger partial charge in [-0.1, -0.05) is 19.2 Å². The number of allylic oxidation sites excluding steroid dienone is 2. The van der Waals surface area contributed by atoms with E-state index in [9.17, 15) is 4.79 Å². The third-order valence-corrected chi connectivity index (χ3v) is 3.94. The Labute approximate surface area is 146 Å². The predicted molar refractivity (Wildman–Crippen MR) is 102 cm³/mol. The molecule has 0 atom stereocenters. The zero-order valence-electron chi connectivity index (χ0n) is 14.3. The molecule has 1 amide bonds. The third-order valence-electron chi connectivity index (χ3n) is 3.94. The molecule has 1 heterocycles. The number of primary amides is 1. The molecule has 3 rings (SSSR count). The van der Waals surface area contributed by atoms with Gasteiger partial charge in [0.1, 0.15) is 11.3 Å². The maximum atomic E-state index is 11.6. The van der Waals surface area contributed by atoms with Crippen molar-refractivity contribution in [3.8, 4) is 11.4 Å². The largest absolute Gasteiger partial charge is 0.366 e. The van der Waals surface area contributed by atoms with Gasteiger partial charge in [-0.2, -0.15) is 0 Å². The third kappa shape index (κ3) is 3.04. The molecule has 0 radical (unpaired) electrons. The number of para-hydroxylation sites is 1. The number of nitrogens with two attached hydrogens (primary N) is 1. The van der Waals surface area contributed by atoms with Gasteiger partial charge in [-0.3, -0.25) is 4.79 Å². The topological polar surface area (TPSA) is 75.0 Å². The molecular formula is C20H20N4O. The lowest BCUT2D eigenvalue weighted by Gasteiger charge is -2.24. The fraction of sp³-hybridized carbons (Fsp3) is 0.100. The molecule has 0 fully saturated rings. The van der Waals surface area contributed by atoms with E-state index >= 15 is 0 Å². The van der Waals surface area contributed by atoms with Crippen molar-refractivity contribution in [3.05, 3.63) is 72.6 Å². The molecule has 0 aliphatic carbocycles. The number of nitrogens with zero attached hydrogens (tertiary/aromatic N) is 2. The van der Waals surface area contributed by atoms with Gasteiger partial charge in [-0.15, -0.1) is 0 Å². The van der Waals surface area contributed by atoms with Gasteiger partial charge in [0, 0.05) is 22.6 Å². The average Bonchev–Trinajstić information content (AvgIpc) is 2.98. The summed E-state index contributed by atoms with van der Waals surface area (Å²) >= 11 is 0. The zero-order chi connectivity index (χ0) is 18.1. The Kier molecular flexibility index (Phi) is 4.15. The van der Waals surface area contributed by atoms with E-state index in [4.69, 9.17) is 5.73 Å². The maximum absolute atomic E-state index is 11.6. The summed E-state index contributed by atoms with van der Waals surface area (Å²) in [5.74, 6) is 0.199. The first-order valence-corrected chi connectivity index (χ1v) is 7.88. The van der Waals surface area contributed by atoms with Gasteiger partial charge in [0.15, 0.2) is 0 Å². The first-order chi connectivity index (χ1) is 11.9. The zero-order valence-corrected chi connectivity index (χ0v) is 14.3. The van der Waals surface area contributed by atoms with Crippen molar-refractivity contribution in [2.75, 3.05) is 4.90 Å². The van der Waals surface area contributed by atoms with E-state index < -0.39 is 5.91 Å². The molecule has 3 N–H and O–H groups in total. The van der Waals surface area contributed by atoms with E-state index in [0.717, 1.165) is 28.2 Å². The fourth-order valence-corrected chi connectivity index (χ4v) is 2.90. The van der Waals surface area contributed by atoms with Crippen molar-refractivity contribution >= 4 is 22.6 Å². The molecule has 0 aliphatic rings. The van der Waals surface area contributed by atoms with Gasteiger partial charge in [0.25, 0.3) is 5.91 Å². The number of hydrogen-bond acceptors (Lipinski definition) is 3. The van der Waals surface area contributed by atoms with Crippen molar-refractivity contribution in [1.29, 1.82) is 0 Å². The molecule has 0 saturated heterocycles. The number of imidazole rings is 1. The van der Waals surface area contributed by atoms with Crippen molar-refractivity contribution < 1.29 is 4.79 Å². The molecule has 1 aromatic heterocycles. The van der Waals surface area contributed by atoms with Crippen molar-refractivity contribution in [2.45, 2.75) is 13.8 Å². The average molecular weight is 332 g/mol. The van der Waals surface area contributed by atoms with E-state index in [2.05, 4.69) is 23.1 Å². The molecule has 0 aliphatic heterocycles. The molecule has 2 aromatic carbocycles. The Hall–Kier alpha value is -3.34. The second-order valence-electron chi connectivity index (χ2n) is 6.00. The van der Waals surface area contributed by atoms with Gasteiger partial charge in [0.05, 0.1) is 11.1 Å². The monoisotopic (exact) mass is 332 g/mol. The number of hydrogen-bond donors (Lipinski definition) is 2. The number of carbonyl (C=O) groups excluding carboxylic acids is 1. The van der Waals surface area contributed by atoms with Crippen LogP contribution in [0.1, 0.15) is 24.2 Å². The summed E-state index contributed by atoms with van der Waals surface area (Å²) in [4.78, 5) is 21.3. The summed E-state index contributed by atoms with van der Waals surface area (Å²) in [6.07, 6.45) is 0. The Balaban J connectivity index is 2.02. The highest BCUT2D eigenvalue weighted by molar-refractivity contribution is 6.04. The molecule has 0 unspecified atom stereocenters. The Bertz CT molecular complexity index is 969. The molecule has 126 valence electrons. The van der Waals surface area contributed by atoms with E-state index in [0.29, 0.717) is 16.9 Å². The Morgan fingerprint density at radius 3 is 2.28 bits per heavy atom. The van der Waals surface area contributed by atoms with Crippen LogP contribution in [0, 0.1) is 0 Å². The number of benzene rings is 2. The lowest BCUT2D eigenvalue weighted by Crippen LogP contribution is -2.16. The van der Waals surface area contributed by atoms with E-state index in [1.54, 1.807) is 12.1 Å². The second kappa shape index (κ2) is 6.28. The van der Waals surface area contributed by atoms with Gasteiger partial charge in [-0.05, 0) is 50.2 Å². The fourth-order valence-electron chi connectivity index (χ4n) is 2.90. The maximum Gasteiger partial charge on any atom is 0.250 e. The van der Waals surface area contributed by atoms with Crippen LogP contribution >= 0.6 is 0 Å². The smallest absolute Gasteiger partial charge is 0.250 e. The summed E-state index contributed by atoms with van der Waals surface area (Å²) in [5.41, 5.74) is 10.9. The molecule has 0 saturated carbocycles. The standard InChI is InChI=1S/C20H20N4O/c1-12(2)24(13(3)4)15-10-8-14(9-11-15)20-22-17-7-5-6-16(19(21)25)18(17)23-20/h5-11H,1,3H2,2,4H3,(H2,21,25)(H,22,23). The molecule has 3 aromatic rings. The van der Waals surface area contributed by atoms with Crippen LogP contribution in [0.15, 0.2) is 67.0 Å². The number of nitrogens with one attached hydrogen (secondary N) is 1.